The second-order valence-corrected chi connectivity index (χ2v) is 14.8. The van der Waals surface area contributed by atoms with Crippen LogP contribution in [-0.4, -0.2) is 29.4 Å². The minimum Gasteiger partial charge on any atom is -0.299 e. The van der Waals surface area contributed by atoms with Crippen molar-refractivity contribution in [1.29, 1.82) is 0 Å². The van der Waals surface area contributed by atoms with Gasteiger partial charge in [-0.05, 0) is 81.8 Å². The van der Waals surface area contributed by atoms with E-state index in [9.17, 15) is 9.59 Å². The van der Waals surface area contributed by atoms with E-state index < -0.39 is 44.9 Å². The largest absolute Gasteiger partial charge is 0.299 e. The predicted molar refractivity (Wildman–Crippen MR) is 178 cm³/mol. The molecule has 0 spiro atoms. The SMILES string of the molecule is CC[C@@H](C)C[C@@H](C)/C=C/[C@@]12C[C@H]3[C@@H](C=C(C)C)[C@@](C/C=C(C)/C(C)=C/C=O)(C1=O)C(=O)[C@@](C(=O)c1ccccc1)(C2=O)C3(C)C. The molecule has 4 bridgehead atoms. The van der Waals surface area contributed by atoms with Crippen molar-refractivity contribution in [2.45, 2.75) is 88.0 Å². The van der Waals surface area contributed by atoms with Gasteiger partial charge in [0.2, 0.25) is 0 Å². The highest BCUT2D eigenvalue weighted by molar-refractivity contribution is 6.43. The van der Waals surface area contributed by atoms with Gasteiger partial charge in [0, 0.05) is 11.5 Å². The van der Waals surface area contributed by atoms with E-state index in [1.165, 1.54) is 6.08 Å². The lowest BCUT2D eigenvalue weighted by molar-refractivity contribution is -0.205. The molecule has 0 unspecified atom stereocenters. The van der Waals surface area contributed by atoms with E-state index in [0.717, 1.165) is 35.8 Å². The minimum atomic E-state index is -2.02. The molecular formula is C40H50O5. The third-order valence-corrected chi connectivity index (χ3v) is 11.5. The fourth-order valence-corrected chi connectivity index (χ4v) is 8.63. The number of carbonyl (C=O) groups is 5. The standard InChI is InChI=1S/C40H50O5/c1-10-26(4)23-27(5)16-19-38-24-32-31(22-25(2)3)39(34(38)43,20-17-28(6)29(7)18-21-41)36(45)40(35(38)44,37(32,8)9)33(42)30-14-12-11-13-15-30/h11-19,21-22,26-27,31-32H,10,20,23-24H2,1-9H3/b19-16+,28-17+,29-18+/t26-,27+,31-,32+,38-,39+,40-/m1/s1. The quantitative estimate of drug-likeness (QED) is 0.0593. The number of benzene rings is 1. The Labute approximate surface area is 269 Å². The number of hydrogen-bond donors (Lipinski definition) is 0. The van der Waals surface area contributed by atoms with Crippen molar-refractivity contribution < 1.29 is 24.0 Å². The van der Waals surface area contributed by atoms with Crippen molar-refractivity contribution in [3.63, 3.8) is 0 Å². The zero-order valence-electron chi connectivity index (χ0n) is 28.5. The maximum absolute atomic E-state index is 15.4. The van der Waals surface area contributed by atoms with Crippen LogP contribution < -0.4 is 0 Å². The Bertz CT molecular complexity index is 1520. The highest BCUT2D eigenvalue weighted by Crippen LogP contribution is 2.75. The first-order valence-corrected chi connectivity index (χ1v) is 16.5. The number of carbonyl (C=O) groups excluding carboxylic acids is 5. The van der Waals surface area contributed by atoms with Crippen LogP contribution >= 0.6 is 0 Å². The van der Waals surface area contributed by atoms with Gasteiger partial charge in [-0.2, -0.15) is 0 Å². The van der Waals surface area contributed by atoms with Crippen molar-refractivity contribution in [2.24, 2.45) is 45.3 Å². The van der Waals surface area contributed by atoms with Gasteiger partial charge >= 0.3 is 0 Å². The van der Waals surface area contributed by atoms with E-state index in [1.54, 1.807) is 36.4 Å². The van der Waals surface area contributed by atoms with Gasteiger partial charge < -0.3 is 0 Å². The number of Topliss-reactive ketones (excluding diaryl/α,β-unsaturated/α-hetero) is 4. The van der Waals surface area contributed by atoms with E-state index in [1.807, 2.05) is 59.8 Å². The van der Waals surface area contributed by atoms with Gasteiger partial charge in [-0.3, -0.25) is 24.0 Å². The van der Waals surface area contributed by atoms with E-state index in [0.29, 0.717) is 11.5 Å². The summed E-state index contributed by atoms with van der Waals surface area (Å²) in [7, 11) is 0. The molecule has 0 aromatic heterocycles. The lowest BCUT2D eigenvalue weighted by atomic mass is 9.27. The van der Waals surface area contributed by atoms with Crippen molar-refractivity contribution >= 4 is 29.4 Å². The average molecular weight is 611 g/mol. The summed E-state index contributed by atoms with van der Waals surface area (Å²) >= 11 is 0. The number of rotatable bonds is 12. The number of aldehydes is 1. The van der Waals surface area contributed by atoms with Gasteiger partial charge in [-0.25, -0.2) is 0 Å². The molecule has 0 aliphatic heterocycles. The Morgan fingerprint density at radius 3 is 2.18 bits per heavy atom. The molecule has 0 saturated heterocycles. The normalized spacial score (nSPS) is 32.2. The third-order valence-electron chi connectivity index (χ3n) is 11.5. The van der Waals surface area contributed by atoms with Crippen LogP contribution in [0, 0.1) is 45.3 Å². The molecular weight excluding hydrogens is 560 g/mol. The van der Waals surface area contributed by atoms with Crippen molar-refractivity contribution in [3.8, 4) is 0 Å². The van der Waals surface area contributed by atoms with Gasteiger partial charge in [0.15, 0.2) is 28.5 Å². The zero-order valence-corrected chi connectivity index (χ0v) is 28.5. The molecule has 5 heteroatoms. The fraction of sp³-hybridized carbons (Fsp3) is 0.525. The van der Waals surface area contributed by atoms with Crippen LogP contribution in [0.2, 0.25) is 0 Å². The molecule has 5 rings (SSSR count). The van der Waals surface area contributed by atoms with Crippen LogP contribution in [0.3, 0.4) is 0 Å². The molecule has 0 radical (unpaired) electrons. The van der Waals surface area contributed by atoms with Gasteiger partial charge in [0.25, 0.3) is 0 Å². The number of ketones is 4. The van der Waals surface area contributed by atoms with Crippen molar-refractivity contribution in [1.82, 2.24) is 0 Å². The topological polar surface area (TPSA) is 85.3 Å². The predicted octanol–water partition coefficient (Wildman–Crippen LogP) is 8.30. The molecule has 45 heavy (non-hydrogen) atoms. The Hall–Kier alpha value is -3.47. The maximum Gasteiger partial charge on any atom is 0.184 e. The second kappa shape index (κ2) is 12.4. The van der Waals surface area contributed by atoms with Crippen LogP contribution in [-0.2, 0) is 19.2 Å². The van der Waals surface area contributed by atoms with Crippen LogP contribution in [0.25, 0.3) is 0 Å². The molecule has 4 aliphatic rings. The average Bonchev–Trinajstić information content (AvgIpc) is 2.99. The Kier molecular flexibility index (Phi) is 9.46. The lowest BCUT2D eigenvalue weighted by Gasteiger charge is -2.70. The Balaban J connectivity index is 2.07. The molecule has 4 saturated carbocycles. The molecule has 1 aromatic carbocycles. The molecule has 0 heterocycles. The fourth-order valence-electron chi connectivity index (χ4n) is 8.63. The van der Waals surface area contributed by atoms with Crippen LogP contribution in [0.5, 0.6) is 0 Å². The summed E-state index contributed by atoms with van der Waals surface area (Å²) in [5, 5.41) is 0. The highest BCUT2D eigenvalue weighted by atomic mass is 16.2. The van der Waals surface area contributed by atoms with Crippen LogP contribution in [0.1, 0.15) is 98.4 Å². The van der Waals surface area contributed by atoms with E-state index >= 15 is 14.4 Å². The van der Waals surface area contributed by atoms with E-state index in [4.69, 9.17) is 0 Å². The van der Waals surface area contributed by atoms with Gasteiger partial charge in [-0.15, -0.1) is 0 Å². The first-order chi connectivity index (χ1) is 21.1. The summed E-state index contributed by atoms with van der Waals surface area (Å²) in [5.74, 6) is -2.21. The summed E-state index contributed by atoms with van der Waals surface area (Å²) in [6.07, 6.45) is 12.1. The van der Waals surface area contributed by atoms with Crippen molar-refractivity contribution in [2.75, 3.05) is 0 Å². The second-order valence-electron chi connectivity index (χ2n) is 14.8. The zero-order chi connectivity index (χ0) is 33.5. The molecule has 240 valence electrons. The Morgan fingerprint density at radius 2 is 1.60 bits per heavy atom. The molecule has 1 aromatic rings. The summed E-state index contributed by atoms with van der Waals surface area (Å²) in [4.78, 5) is 71.9. The van der Waals surface area contributed by atoms with E-state index in [-0.39, 0.29) is 30.5 Å². The highest BCUT2D eigenvalue weighted by Gasteiger charge is 2.86. The third kappa shape index (κ3) is 5.02. The summed E-state index contributed by atoms with van der Waals surface area (Å²) in [6.45, 7) is 17.8. The summed E-state index contributed by atoms with van der Waals surface area (Å²) in [6, 6.07) is 8.60. The minimum absolute atomic E-state index is 0.0523. The maximum atomic E-state index is 15.4. The van der Waals surface area contributed by atoms with E-state index in [2.05, 4.69) is 20.8 Å². The van der Waals surface area contributed by atoms with Crippen LogP contribution in [0.4, 0.5) is 0 Å². The molecule has 7 atom stereocenters. The number of allylic oxidation sites excluding steroid dienone is 8. The number of hydrogen-bond acceptors (Lipinski definition) is 5. The van der Waals surface area contributed by atoms with Crippen molar-refractivity contribution in [3.05, 3.63) is 83.0 Å². The van der Waals surface area contributed by atoms with Crippen LogP contribution in [0.15, 0.2) is 77.4 Å². The lowest BCUT2D eigenvalue weighted by Crippen LogP contribution is -2.83. The molecule has 0 amide bonds. The smallest absolute Gasteiger partial charge is 0.184 e. The summed E-state index contributed by atoms with van der Waals surface area (Å²) in [5.41, 5.74) is -3.47. The molecule has 5 nitrogen and oxygen atoms in total. The molecule has 4 fully saturated rings. The van der Waals surface area contributed by atoms with Gasteiger partial charge in [0.05, 0.1) is 0 Å². The Morgan fingerprint density at radius 1 is 0.956 bits per heavy atom. The molecule has 4 aliphatic carbocycles. The first kappa shape index (κ1) is 34.4. The first-order valence-electron chi connectivity index (χ1n) is 16.5. The summed E-state index contributed by atoms with van der Waals surface area (Å²) < 4.78 is 0. The van der Waals surface area contributed by atoms with Gasteiger partial charge in [-0.1, -0.05) is 107 Å². The molecule has 0 N–H and O–H groups in total. The van der Waals surface area contributed by atoms with Gasteiger partial charge in [0.1, 0.15) is 17.1 Å². The monoisotopic (exact) mass is 610 g/mol.